The zero-order valence-electron chi connectivity index (χ0n) is 15.6. The number of imide groups is 1. The third-order valence-electron chi connectivity index (χ3n) is 5.48. The molecule has 146 valence electrons. The Morgan fingerprint density at radius 3 is 2.43 bits per heavy atom. The van der Waals surface area contributed by atoms with E-state index in [1.165, 1.54) is 12.1 Å². The van der Waals surface area contributed by atoms with Gasteiger partial charge in [-0.3, -0.25) is 14.5 Å². The first kappa shape index (κ1) is 18.9. The molecule has 1 atom stereocenters. The van der Waals surface area contributed by atoms with E-state index >= 15 is 0 Å². The topological polar surface area (TPSA) is 43.9 Å². The summed E-state index contributed by atoms with van der Waals surface area (Å²) in [6.07, 6.45) is 0.0867. The van der Waals surface area contributed by atoms with Gasteiger partial charge in [0.1, 0.15) is 5.82 Å². The first-order valence-electron chi connectivity index (χ1n) is 9.32. The van der Waals surface area contributed by atoms with Gasteiger partial charge in [0.2, 0.25) is 5.91 Å². The first-order chi connectivity index (χ1) is 13.5. The van der Waals surface area contributed by atoms with Gasteiger partial charge in [-0.25, -0.2) is 9.29 Å². The fraction of sp³-hybridized carbons (Fsp3) is 0.333. The molecular formula is C21H21ClFN3O2. The van der Waals surface area contributed by atoms with Crippen LogP contribution in [0.3, 0.4) is 0 Å². The van der Waals surface area contributed by atoms with E-state index in [1.54, 1.807) is 12.1 Å². The fourth-order valence-corrected chi connectivity index (χ4v) is 4.15. The van der Waals surface area contributed by atoms with Crippen LogP contribution in [0, 0.1) is 12.7 Å². The van der Waals surface area contributed by atoms with Crippen molar-refractivity contribution in [1.29, 1.82) is 0 Å². The molecule has 2 aliphatic rings. The molecule has 0 N–H and O–H groups in total. The van der Waals surface area contributed by atoms with Crippen molar-refractivity contribution in [3.8, 4) is 0 Å². The molecular weight excluding hydrogens is 381 g/mol. The molecule has 28 heavy (non-hydrogen) atoms. The van der Waals surface area contributed by atoms with Gasteiger partial charge in [-0.15, -0.1) is 0 Å². The van der Waals surface area contributed by atoms with Crippen molar-refractivity contribution in [2.24, 2.45) is 0 Å². The Hall–Kier alpha value is -2.44. The highest BCUT2D eigenvalue weighted by Crippen LogP contribution is 2.30. The van der Waals surface area contributed by atoms with E-state index in [1.807, 2.05) is 30.0 Å². The van der Waals surface area contributed by atoms with E-state index in [0.717, 1.165) is 29.2 Å². The molecule has 2 aromatic rings. The molecule has 2 fully saturated rings. The molecule has 2 heterocycles. The van der Waals surface area contributed by atoms with Gasteiger partial charge in [-0.2, -0.15) is 0 Å². The Morgan fingerprint density at radius 2 is 1.71 bits per heavy atom. The summed E-state index contributed by atoms with van der Waals surface area (Å²) in [5, 5.41) is 0.695. The Labute approximate surface area is 168 Å². The van der Waals surface area contributed by atoms with E-state index in [-0.39, 0.29) is 23.9 Å². The van der Waals surface area contributed by atoms with Crippen LogP contribution in [0.5, 0.6) is 0 Å². The molecule has 0 unspecified atom stereocenters. The Balaban J connectivity index is 1.47. The third kappa shape index (κ3) is 3.38. The van der Waals surface area contributed by atoms with Crippen molar-refractivity contribution in [2.45, 2.75) is 19.4 Å². The number of halogens is 2. The maximum atomic E-state index is 14.1. The number of carbonyl (C=O) groups excluding carboxylic acids is 2. The zero-order valence-corrected chi connectivity index (χ0v) is 16.3. The van der Waals surface area contributed by atoms with Gasteiger partial charge in [-0.05, 0) is 36.8 Å². The van der Waals surface area contributed by atoms with E-state index in [9.17, 15) is 14.0 Å². The van der Waals surface area contributed by atoms with Gasteiger partial charge >= 0.3 is 0 Å². The number of hydrogen-bond donors (Lipinski definition) is 0. The van der Waals surface area contributed by atoms with Crippen LogP contribution in [0.1, 0.15) is 12.0 Å². The Morgan fingerprint density at radius 1 is 1.00 bits per heavy atom. The molecule has 0 aromatic heterocycles. The molecule has 2 aromatic carbocycles. The lowest BCUT2D eigenvalue weighted by Gasteiger charge is -2.38. The molecule has 0 bridgehead atoms. The average molecular weight is 402 g/mol. The molecule has 0 saturated carbocycles. The number of carbonyl (C=O) groups is 2. The van der Waals surface area contributed by atoms with Crippen molar-refractivity contribution in [1.82, 2.24) is 4.90 Å². The number of hydrogen-bond acceptors (Lipinski definition) is 4. The lowest BCUT2D eigenvalue weighted by atomic mass is 10.1. The van der Waals surface area contributed by atoms with Gasteiger partial charge in [0.25, 0.3) is 5.91 Å². The summed E-state index contributed by atoms with van der Waals surface area (Å²) in [6.45, 7) is 4.82. The van der Waals surface area contributed by atoms with E-state index < -0.39 is 11.9 Å². The highest BCUT2D eigenvalue weighted by Gasteiger charge is 2.44. The Bertz CT molecular complexity index is 928. The van der Waals surface area contributed by atoms with Gasteiger partial charge < -0.3 is 4.90 Å². The van der Waals surface area contributed by atoms with E-state index in [4.69, 9.17) is 11.6 Å². The molecule has 2 saturated heterocycles. The van der Waals surface area contributed by atoms with Crippen LogP contribution in [-0.4, -0.2) is 48.9 Å². The van der Waals surface area contributed by atoms with Crippen molar-refractivity contribution >= 4 is 34.8 Å². The number of rotatable bonds is 3. The summed E-state index contributed by atoms with van der Waals surface area (Å²) in [5.74, 6) is -1.26. The smallest absolute Gasteiger partial charge is 0.251 e. The van der Waals surface area contributed by atoms with Crippen molar-refractivity contribution in [2.75, 3.05) is 36.0 Å². The second kappa shape index (κ2) is 7.53. The van der Waals surface area contributed by atoms with Crippen LogP contribution in [0.2, 0.25) is 5.02 Å². The molecule has 7 heteroatoms. The first-order valence-corrected chi connectivity index (χ1v) is 9.70. The van der Waals surface area contributed by atoms with Crippen LogP contribution >= 0.6 is 11.6 Å². The van der Waals surface area contributed by atoms with Crippen LogP contribution in [0.15, 0.2) is 42.5 Å². The summed E-state index contributed by atoms with van der Waals surface area (Å²) in [4.78, 5) is 30.6. The summed E-state index contributed by atoms with van der Waals surface area (Å²) in [5.41, 5.74) is 2.28. The number of piperazine rings is 1. The number of amides is 2. The molecule has 4 rings (SSSR count). The molecule has 2 aliphatic heterocycles. The summed E-state index contributed by atoms with van der Waals surface area (Å²) in [7, 11) is 0. The van der Waals surface area contributed by atoms with E-state index in [0.29, 0.717) is 18.1 Å². The number of para-hydroxylation sites is 1. The van der Waals surface area contributed by atoms with Crippen LogP contribution in [0.4, 0.5) is 15.8 Å². The lowest BCUT2D eigenvalue weighted by molar-refractivity contribution is -0.123. The fourth-order valence-electron chi connectivity index (χ4n) is 3.99. The van der Waals surface area contributed by atoms with Gasteiger partial charge in [0, 0.05) is 36.9 Å². The minimum absolute atomic E-state index is 0.0354. The SMILES string of the molecule is Cc1ccc(Cl)cc1N1CCN([C@H]2CC(=O)N(c3ccccc3F)C2=O)CC1. The van der Waals surface area contributed by atoms with Crippen molar-refractivity contribution in [3.05, 3.63) is 58.9 Å². The minimum Gasteiger partial charge on any atom is -0.369 e. The number of aryl methyl sites for hydroxylation is 1. The summed E-state index contributed by atoms with van der Waals surface area (Å²) < 4.78 is 14.1. The second-order valence-corrected chi connectivity index (χ2v) is 7.63. The van der Waals surface area contributed by atoms with Gasteiger partial charge in [0.05, 0.1) is 18.2 Å². The maximum Gasteiger partial charge on any atom is 0.251 e. The normalized spacial score (nSPS) is 20.9. The van der Waals surface area contributed by atoms with E-state index in [2.05, 4.69) is 4.90 Å². The third-order valence-corrected chi connectivity index (χ3v) is 5.72. The van der Waals surface area contributed by atoms with Crippen LogP contribution < -0.4 is 9.80 Å². The molecule has 5 nitrogen and oxygen atoms in total. The summed E-state index contributed by atoms with van der Waals surface area (Å²) in [6, 6.07) is 11.2. The van der Waals surface area contributed by atoms with Crippen LogP contribution in [-0.2, 0) is 9.59 Å². The highest BCUT2D eigenvalue weighted by molar-refractivity contribution is 6.30. The number of anilines is 2. The minimum atomic E-state index is -0.564. The molecule has 0 radical (unpaired) electrons. The molecule has 2 amide bonds. The monoisotopic (exact) mass is 401 g/mol. The second-order valence-electron chi connectivity index (χ2n) is 7.19. The molecule has 0 spiro atoms. The van der Waals surface area contributed by atoms with Gasteiger partial charge in [-0.1, -0.05) is 29.8 Å². The van der Waals surface area contributed by atoms with Crippen molar-refractivity contribution in [3.63, 3.8) is 0 Å². The molecule has 0 aliphatic carbocycles. The highest BCUT2D eigenvalue weighted by atomic mass is 35.5. The number of benzene rings is 2. The predicted molar refractivity (Wildman–Crippen MR) is 107 cm³/mol. The van der Waals surface area contributed by atoms with Gasteiger partial charge in [0.15, 0.2) is 0 Å². The van der Waals surface area contributed by atoms with Crippen molar-refractivity contribution < 1.29 is 14.0 Å². The predicted octanol–water partition coefficient (Wildman–Crippen LogP) is 3.24. The standard InChI is InChI=1S/C21H21ClFN3O2/c1-14-6-7-15(22)12-18(14)24-8-10-25(11-9-24)19-13-20(27)26(21(19)28)17-5-3-2-4-16(17)23/h2-7,12,19H,8-11,13H2,1H3/t19-/m0/s1. The number of nitrogens with zero attached hydrogens (tertiary/aromatic N) is 3. The average Bonchev–Trinajstić information content (AvgIpc) is 2.99. The maximum absolute atomic E-state index is 14.1. The lowest BCUT2D eigenvalue weighted by Crippen LogP contribution is -2.52. The quantitative estimate of drug-likeness (QED) is 0.741. The summed E-state index contributed by atoms with van der Waals surface area (Å²) >= 11 is 6.14. The Kier molecular flexibility index (Phi) is 5.08. The van der Waals surface area contributed by atoms with Crippen LogP contribution in [0.25, 0.3) is 0 Å². The largest absolute Gasteiger partial charge is 0.369 e. The zero-order chi connectivity index (χ0) is 19.8.